The molecule has 0 amide bonds. The van der Waals surface area contributed by atoms with E-state index in [1.807, 2.05) is 50.2 Å². The molecule has 0 radical (unpaired) electrons. The number of aryl methyl sites for hydroxylation is 1. The number of Topliss-reactive ketones (excluding diaryl/α,β-unsaturated/α-hetero) is 1. The molecule has 5 nitrogen and oxygen atoms in total. The smallest absolute Gasteiger partial charge is 0.162 e. The predicted octanol–water partition coefficient (Wildman–Crippen LogP) is 5.57. The van der Waals surface area contributed by atoms with Crippen LogP contribution in [0, 0.1) is 6.92 Å². The molecule has 0 fully saturated rings. The summed E-state index contributed by atoms with van der Waals surface area (Å²) >= 11 is 0. The minimum Gasteiger partial charge on any atom is -0.358 e. The molecule has 0 aliphatic carbocycles. The van der Waals surface area contributed by atoms with Crippen molar-refractivity contribution in [2.24, 2.45) is 0 Å². The summed E-state index contributed by atoms with van der Waals surface area (Å²) in [6.45, 7) is 4.04. The molecule has 6 heteroatoms. The van der Waals surface area contributed by atoms with Crippen molar-refractivity contribution in [1.82, 2.24) is 15.0 Å². The summed E-state index contributed by atoms with van der Waals surface area (Å²) in [6, 6.07) is 13.7. The quantitative estimate of drug-likeness (QED) is 0.444. The zero-order valence-electron chi connectivity index (χ0n) is 15.2. The second-order valence-corrected chi connectivity index (χ2v) is 6.47. The highest BCUT2D eigenvalue weighted by molar-refractivity contribution is 6.10. The van der Waals surface area contributed by atoms with Gasteiger partial charge >= 0.3 is 0 Å². The lowest BCUT2D eigenvalue weighted by Gasteiger charge is -2.12. The third-order valence-corrected chi connectivity index (χ3v) is 4.47. The largest absolute Gasteiger partial charge is 0.358 e. The first-order valence-corrected chi connectivity index (χ1v) is 8.79. The van der Waals surface area contributed by atoms with Crippen LogP contribution in [0.3, 0.4) is 0 Å². The molecule has 138 valence electrons. The number of nitrogens with one attached hydrogen (secondary N) is 2. The maximum absolute atomic E-state index is 12.0. The molecule has 2 aromatic heterocycles. The van der Waals surface area contributed by atoms with Gasteiger partial charge in [0, 0.05) is 34.3 Å². The monoisotopic (exact) mass is 380 g/mol. The Morgan fingerprint density at radius 3 is 2.63 bits per heavy atom. The van der Waals surface area contributed by atoms with E-state index in [1.165, 1.54) is 0 Å². The van der Waals surface area contributed by atoms with Crippen molar-refractivity contribution in [3.8, 4) is 0 Å². The number of hydrogen-bond acceptors (Lipinski definition) is 4. The van der Waals surface area contributed by atoms with Gasteiger partial charge in [0.1, 0.15) is 11.8 Å². The van der Waals surface area contributed by atoms with Crippen molar-refractivity contribution in [3.63, 3.8) is 0 Å². The van der Waals surface area contributed by atoms with E-state index in [9.17, 15) is 4.79 Å². The first-order valence-electron chi connectivity index (χ1n) is 8.79. The molecule has 2 heterocycles. The van der Waals surface area contributed by atoms with Crippen molar-refractivity contribution in [2.75, 3.05) is 5.32 Å². The van der Waals surface area contributed by atoms with E-state index in [-0.39, 0.29) is 18.2 Å². The molecule has 0 unspecified atom stereocenters. The number of benzene rings is 2. The Balaban J connectivity index is 0.00000210. The maximum atomic E-state index is 12.0. The lowest BCUT2D eigenvalue weighted by atomic mass is 10.1. The molecule has 2 N–H and O–H groups in total. The first-order chi connectivity index (χ1) is 12.7. The highest BCUT2D eigenvalue weighted by atomic mass is 35.5. The molecule has 0 aliphatic rings. The van der Waals surface area contributed by atoms with Gasteiger partial charge < -0.3 is 10.3 Å². The average Bonchev–Trinajstić information content (AvgIpc) is 3.11. The van der Waals surface area contributed by atoms with E-state index < -0.39 is 0 Å². The lowest BCUT2D eigenvalue weighted by Crippen LogP contribution is -1.99. The molecule has 0 saturated carbocycles. The summed E-state index contributed by atoms with van der Waals surface area (Å²) in [6.07, 6.45) is 3.03. The van der Waals surface area contributed by atoms with Crippen molar-refractivity contribution in [3.05, 3.63) is 60.0 Å². The second-order valence-electron chi connectivity index (χ2n) is 6.47. The molecular formula is C21H21ClN4O. The Morgan fingerprint density at radius 1 is 1.11 bits per heavy atom. The number of pyridine rings is 1. The number of halogens is 1. The van der Waals surface area contributed by atoms with E-state index in [1.54, 1.807) is 6.33 Å². The number of H-pyrrole nitrogens is 1. The van der Waals surface area contributed by atoms with Crippen LogP contribution >= 0.6 is 12.4 Å². The summed E-state index contributed by atoms with van der Waals surface area (Å²) in [5.74, 6) is 0.184. The van der Waals surface area contributed by atoms with Gasteiger partial charge in [-0.25, -0.2) is 9.97 Å². The highest BCUT2D eigenvalue weighted by Gasteiger charge is 2.11. The minimum atomic E-state index is 0. The number of hydrogen-bond donors (Lipinski definition) is 2. The fourth-order valence-corrected chi connectivity index (χ4v) is 3.24. The third kappa shape index (κ3) is 3.64. The molecule has 0 aliphatic heterocycles. The van der Waals surface area contributed by atoms with Crippen molar-refractivity contribution < 1.29 is 4.79 Å². The molecule has 0 saturated heterocycles. The minimum absolute atomic E-state index is 0. The average molecular weight is 381 g/mol. The SMILES string of the molecule is CCCC(=O)c1ccc(Nc2cc(C)[nH]c3ccc4ncnc4c23)cc1.Cl. The van der Waals surface area contributed by atoms with Crippen molar-refractivity contribution >= 4 is 51.5 Å². The van der Waals surface area contributed by atoms with Gasteiger partial charge in [0.2, 0.25) is 0 Å². The zero-order chi connectivity index (χ0) is 18.1. The standard InChI is InChI=1S/C21H20N4O.ClH/c1-3-4-19(26)14-5-7-15(8-6-14)25-18-11-13(2)24-16-9-10-17-21(20(16)18)23-12-22-17;/h5-12,24-25H,3-4H2,1-2H3;1H. The van der Waals surface area contributed by atoms with Gasteiger partial charge in [-0.2, -0.15) is 0 Å². The zero-order valence-corrected chi connectivity index (χ0v) is 16.1. The molecule has 4 rings (SSSR count). The van der Waals surface area contributed by atoms with Gasteiger partial charge in [0.15, 0.2) is 5.78 Å². The Hall–Kier alpha value is -2.92. The third-order valence-electron chi connectivity index (χ3n) is 4.47. The van der Waals surface area contributed by atoms with Gasteiger partial charge in [-0.1, -0.05) is 6.92 Å². The van der Waals surface area contributed by atoms with Crippen LogP contribution in [0.4, 0.5) is 11.4 Å². The predicted molar refractivity (Wildman–Crippen MR) is 112 cm³/mol. The number of rotatable bonds is 5. The maximum Gasteiger partial charge on any atom is 0.162 e. The number of anilines is 2. The van der Waals surface area contributed by atoms with E-state index in [0.717, 1.165) is 51.0 Å². The number of aromatic nitrogens is 3. The van der Waals surface area contributed by atoms with Crippen LogP contribution < -0.4 is 5.32 Å². The Morgan fingerprint density at radius 2 is 1.89 bits per heavy atom. The highest BCUT2D eigenvalue weighted by Crippen LogP contribution is 2.31. The van der Waals surface area contributed by atoms with E-state index in [2.05, 4.69) is 26.3 Å². The van der Waals surface area contributed by atoms with Gasteiger partial charge in [-0.05, 0) is 55.8 Å². The molecule has 0 bridgehead atoms. The number of carbonyl (C=O) groups is 1. The second kappa shape index (κ2) is 7.76. The van der Waals surface area contributed by atoms with Crippen molar-refractivity contribution in [1.29, 1.82) is 0 Å². The van der Waals surface area contributed by atoms with E-state index in [4.69, 9.17) is 0 Å². The number of carbonyl (C=O) groups excluding carboxylic acids is 1. The van der Waals surface area contributed by atoms with Crippen LogP contribution in [0.15, 0.2) is 48.8 Å². The van der Waals surface area contributed by atoms with Crippen molar-refractivity contribution in [2.45, 2.75) is 26.7 Å². The molecule has 27 heavy (non-hydrogen) atoms. The summed E-state index contributed by atoms with van der Waals surface area (Å²) in [4.78, 5) is 24.1. The fraction of sp³-hybridized carbons (Fsp3) is 0.190. The van der Waals surface area contributed by atoms with Gasteiger partial charge in [0.05, 0.1) is 11.2 Å². The van der Waals surface area contributed by atoms with Crippen LogP contribution in [0.5, 0.6) is 0 Å². The summed E-state index contributed by atoms with van der Waals surface area (Å²) < 4.78 is 0. The van der Waals surface area contributed by atoms with E-state index >= 15 is 0 Å². The number of aromatic amines is 1. The topological polar surface area (TPSA) is 70.7 Å². The Kier molecular flexibility index (Phi) is 5.42. The number of fused-ring (bicyclic) bond motifs is 3. The summed E-state index contributed by atoms with van der Waals surface area (Å²) in [5, 5.41) is 4.48. The number of nitrogens with zero attached hydrogens (tertiary/aromatic N) is 2. The summed E-state index contributed by atoms with van der Waals surface area (Å²) in [7, 11) is 0. The van der Waals surface area contributed by atoms with Gasteiger partial charge in [-0.3, -0.25) is 4.79 Å². The van der Waals surface area contributed by atoms with Crippen LogP contribution in [-0.4, -0.2) is 20.7 Å². The van der Waals surface area contributed by atoms with Gasteiger partial charge in [-0.15, -0.1) is 12.4 Å². The van der Waals surface area contributed by atoms with Crippen LogP contribution in [0.1, 0.15) is 35.8 Å². The summed E-state index contributed by atoms with van der Waals surface area (Å²) in [5.41, 5.74) is 6.46. The lowest BCUT2D eigenvalue weighted by molar-refractivity contribution is 0.0982. The first kappa shape index (κ1) is 18.9. The van der Waals surface area contributed by atoms with E-state index in [0.29, 0.717) is 6.42 Å². The van der Waals surface area contributed by atoms with Crippen LogP contribution in [0.25, 0.3) is 21.9 Å². The molecular weight excluding hydrogens is 360 g/mol. The number of ketones is 1. The van der Waals surface area contributed by atoms with Crippen LogP contribution in [0.2, 0.25) is 0 Å². The Bertz CT molecular complexity index is 1100. The normalized spacial score (nSPS) is 10.7. The number of imidazole rings is 1. The van der Waals surface area contributed by atoms with Gasteiger partial charge in [0.25, 0.3) is 0 Å². The molecule has 2 aromatic carbocycles. The van der Waals surface area contributed by atoms with Crippen LogP contribution in [-0.2, 0) is 0 Å². The fourth-order valence-electron chi connectivity index (χ4n) is 3.24. The molecule has 4 aromatic rings. The molecule has 0 atom stereocenters. The Labute approximate surface area is 163 Å². The molecule has 0 spiro atoms.